The van der Waals surface area contributed by atoms with E-state index in [0.29, 0.717) is 0 Å². The van der Waals surface area contributed by atoms with Gasteiger partial charge in [-0.2, -0.15) is 26.3 Å². The van der Waals surface area contributed by atoms with E-state index in [2.05, 4.69) is 0 Å². The maximum Gasteiger partial charge on any atom is 0.420 e. The predicted molar refractivity (Wildman–Crippen MR) is 54.1 cm³/mol. The molecular weight excluding hydrogens is 266 g/mol. The highest BCUT2D eigenvalue weighted by Gasteiger charge is 2.44. The number of hydrogen-bond donors (Lipinski definition) is 4. The summed E-state index contributed by atoms with van der Waals surface area (Å²) in [5.41, 5.74) is 11.4. The SMILES string of the molecule is Nc1c(N)c(C(F)(F)F)c(N)c(C(F)(F)F)c1N. The van der Waals surface area contributed by atoms with Gasteiger partial charge in [0, 0.05) is 0 Å². The second-order valence-corrected chi connectivity index (χ2v) is 3.40. The first-order chi connectivity index (χ1) is 7.89. The molecule has 102 valence electrons. The molecule has 0 spiro atoms. The van der Waals surface area contributed by atoms with E-state index in [1.165, 1.54) is 0 Å². The van der Waals surface area contributed by atoms with Gasteiger partial charge >= 0.3 is 12.4 Å². The van der Waals surface area contributed by atoms with E-state index in [1.807, 2.05) is 0 Å². The van der Waals surface area contributed by atoms with Crippen molar-refractivity contribution in [2.24, 2.45) is 0 Å². The van der Waals surface area contributed by atoms with Crippen LogP contribution in [-0.2, 0) is 12.4 Å². The average molecular weight is 274 g/mol. The summed E-state index contributed by atoms with van der Waals surface area (Å²) in [6.45, 7) is 0. The first-order valence-electron chi connectivity index (χ1n) is 4.29. The second kappa shape index (κ2) is 3.75. The van der Waals surface area contributed by atoms with Crippen LogP contribution in [0, 0.1) is 0 Å². The number of rotatable bonds is 0. The van der Waals surface area contributed by atoms with Gasteiger partial charge in [-0.25, -0.2) is 0 Å². The molecule has 4 nitrogen and oxygen atoms in total. The van der Waals surface area contributed by atoms with E-state index >= 15 is 0 Å². The van der Waals surface area contributed by atoms with Gasteiger partial charge in [0.05, 0.1) is 22.7 Å². The zero-order valence-electron chi connectivity index (χ0n) is 8.58. The maximum absolute atomic E-state index is 12.6. The van der Waals surface area contributed by atoms with Crippen molar-refractivity contribution in [3.8, 4) is 0 Å². The average Bonchev–Trinajstić information content (AvgIpc) is 2.09. The van der Waals surface area contributed by atoms with Crippen LogP contribution in [0.3, 0.4) is 0 Å². The van der Waals surface area contributed by atoms with Crippen LogP contribution in [-0.4, -0.2) is 0 Å². The Morgan fingerprint density at radius 1 is 0.500 bits per heavy atom. The fourth-order valence-electron chi connectivity index (χ4n) is 1.44. The van der Waals surface area contributed by atoms with Crippen molar-refractivity contribution in [3.05, 3.63) is 11.1 Å². The molecule has 0 aromatic heterocycles. The van der Waals surface area contributed by atoms with E-state index in [9.17, 15) is 26.3 Å². The molecule has 0 aliphatic rings. The maximum atomic E-state index is 12.6. The third-order valence-corrected chi connectivity index (χ3v) is 2.22. The summed E-state index contributed by atoms with van der Waals surface area (Å²) in [6.07, 6.45) is -10.3. The van der Waals surface area contributed by atoms with Crippen LogP contribution in [0.2, 0.25) is 0 Å². The van der Waals surface area contributed by atoms with Crippen LogP contribution in [0.5, 0.6) is 0 Å². The molecule has 1 aromatic carbocycles. The molecule has 0 saturated carbocycles. The van der Waals surface area contributed by atoms with Crippen LogP contribution in [0.25, 0.3) is 0 Å². The summed E-state index contributed by atoms with van der Waals surface area (Å²) in [6, 6.07) is 0. The zero-order valence-corrected chi connectivity index (χ0v) is 8.58. The normalized spacial score (nSPS) is 12.8. The predicted octanol–water partition coefficient (Wildman–Crippen LogP) is 2.05. The number of hydrogen-bond acceptors (Lipinski definition) is 4. The molecule has 18 heavy (non-hydrogen) atoms. The van der Waals surface area contributed by atoms with Crippen molar-refractivity contribution in [2.45, 2.75) is 12.4 Å². The van der Waals surface area contributed by atoms with Gasteiger partial charge in [-0.3, -0.25) is 0 Å². The fourth-order valence-corrected chi connectivity index (χ4v) is 1.44. The van der Waals surface area contributed by atoms with Gasteiger partial charge < -0.3 is 22.9 Å². The Bertz CT molecular complexity index is 449. The molecular formula is C8H8F6N4. The number of anilines is 4. The van der Waals surface area contributed by atoms with E-state index in [4.69, 9.17) is 22.9 Å². The molecule has 0 aliphatic carbocycles. The lowest BCUT2D eigenvalue weighted by atomic mass is 10.00. The number of halogens is 6. The quantitative estimate of drug-likeness (QED) is 0.429. The molecule has 0 atom stereocenters. The van der Waals surface area contributed by atoms with Crippen molar-refractivity contribution in [1.29, 1.82) is 0 Å². The third kappa shape index (κ3) is 2.05. The molecule has 0 fully saturated rings. The van der Waals surface area contributed by atoms with E-state index in [1.54, 1.807) is 0 Å². The Morgan fingerprint density at radius 2 is 0.778 bits per heavy atom. The number of nitrogens with two attached hydrogens (primary N) is 4. The van der Waals surface area contributed by atoms with Gasteiger partial charge in [0.25, 0.3) is 0 Å². The number of benzene rings is 1. The molecule has 10 heteroatoms. The van der Waals surface area contributed by atoms with Crippen molar-refractivity contribution in [3.63, 3.8) is 0 Å². The number of nitrogen functional groups attached to an aromatic ring is 4. The van der Waals surface area contributed by atoms with Gasteiger partial charge in [0.15, 0.2) is 0 Å². The summed E-state index contributed by atoms with van der Waals surface area (Å²) in [7, 11) is 0. The Kier molecular flexibility index (Phi) is 2.93. The summed E-state index contributed by atoms with van der Waals surface area (Å²) in [4.78, 5) is 0. The molecule has 0 aliphatic heterocycles. The standard InChI is InChI=1S/C8H8F6N4/c9-7(10,11)1-3(15)2(8(12,13)14)5(17)6(18)4(1)16/h15-18H2. The molecule has 0 unspecified atom stereocenters. The largest absolute Gasteiger partial charge is 0.420 e. The Hall–Kier alpha value is -2.00. The highest BCUT2D eigenvalue weighted by atomic mass is 19.4. The first kappa shape index (κ1) is 14.1. The summed E-state index contributed by atoms with van der Waals surface area (Å²) >= 11 is 0. The van der Waals surface area contributed by atoms with Crippen LogP contribution in [0.4, 0.5) is 49.1 Å². The van der Waals surface area contributed by atoms with E-state index in [-0.39, 0.29) is 0 Å². The van der Waals surface area contributed by atoms with Gasteiger partial charge in [-0.1, -0.05) is 0 Å². The van der Waals surface area contributed by atoms with Gasteiger partial charge in [-0.15, -0.1) is 0 Å². The summed E-state index contributed by atoms with van der Waals surface area (Å²) in [5, 5.41) is 0. The van der Waals surface area contributed by atoms with E-state index in [0.717, 1.165) is 0 Å². The smallest absolute Gasteiger partial charge is 0.398 e. The first-order valence-corrected chi connectivity index (χ1v) is 4.29. The summed E-state index contributed by atoms with van der Waals surface area (Å²) < 4.78 is 75.4. The van der Waals surface area contributed by atoms with Gasteiger partial charge in [-0.05, 0) is 0 Å². The number of alkyl halides is 6. The second-order valence-electron chi connectivity index (χ2n) is 3.40. The van der Waals surface area contributed by atoms with Crippen LogP contribution in [0.1, 0.15) is 11.1 Å². The topological polar surface area (TPSA) is 104 Å². The molecule has 0 saturated heterocycles. The molecule has 1 rings (SSSR count). The zero-order chi connectivity index (χ0) is 14.5. The van der Waals surface area contributed by atoms with Crippen LogP contribution in [0.15, 0.2) is 0 Å². The molecule has 0 amide bonds. The molecule has 0 heterocycles. The minimum Gasteiger partial charge on any atom is -0.398 e. The Labute approximate surface area is 96.5 Å². The Balaban J connectivity index is 3.83. The highest BCUT2D eigenvalue weighted by molar-refractivity contribution is 5.89. The fraction of sp³-hybridized carbons (Fsp3) is 0.250. The lowest BCUT2D eigenvalue weighted by Crippen LogP contribution is -2.21. The van der Waals surface area contributed by atoms with Gasteiger partial charge in [0.1, 0.15) is 11.1 Å². The molecule has 8 N–H and O–H groups in total. The minimum absolute atomic E-state index is 0.996. The third-order valence-electron chi connectivity index (χ3n) is 2.22. The van der Waals surface area contributed by atoms with Crippen molar-refractivity contribution in [1.82, 2.24) is 0 Å². The van der Waals surface area contributed by atoms with Crippen molar-refractivity contribution in [2.75, 3.05) is 22.9 Å². The van der Waals surface area contributed by atoms with E-state index < -0.39 is 46.2 Å². The molecule has 0 radical (unpaired) electrons. The summed E-state index contributed by atoms with van der Waals surface area (Å²) in [5.74, 6) is 0. The molecule has 1 aromatic rings. The van der Waals surface area contributed by atoms with Crippen molar-refractivity contribution < 1.29 is 26.3 Å². The van der Waals surface area contributed by atoms with Crippen LogP contribution >= 0.6 is 0 Å². The monoisotopic (exact) mass is 274 g/mol. The lowest BCUT2D eigenvalue weighted by Gasteiger charge is -2.21. The van der Waals surface area contributed by atoms with Crippen molar-refractivity contribution >= 4 is 22.7 Å². The minimum atomic E-state index is -5.17. The highest BCUT2D eigenvalue weighted by Crippen LogP contribution is 2.49. The molecule has 0 bridgehead atoms. The van der Waals surface area contributed by atoms with Crippen LogP contribution < -0.4 is 22.9 Å². The van der Waals surface area contributed by atoms with Gasteiger partial charge in [0.2, 0.25) is 0 Å². The lowest BCUT2D eigenvalue weighted by molar-refractivity contribution is -0.140. The Morgan fingerprint density at radius 3 is 1.00 bits per heavy atom.